The quantitative estimate of drug-likeness (QED) is 0.428. The van der Waals surface area contributed by atoms with Gasteiger partial charge in [-0.1, -0.05) is 12.1 Å². The Kier molecular flexibility index (Phi) is 6.77. The summed E-state index contributed by atoms with van der Waals surface area (Å²) in [6, 6.07) is 14.2. The number of nitrogens with two attached hydrogens (primary N) is 1. The number of piperazine rings is 1. The fourth-order valence-corrected chi connectivity index (χ4v) is 4.40. The molecule has 0 bridgehead atoms. The number of likely N-dealkylation sites (N-methyl/N-ethyl adjacent to an activating group) is 1. The highest BCUT2D eigenvalue weighted by molar-refractivity contribution is 6.08. The molecule has 3 heterocycles. The number of furan rings is 1. The Morgan fingerprint density at radius 2 is 1.85 bits per heavy atom. The summed E-state index contributed by atoms with van der Waals surface area (Å²) in [5.74, 6) is -0.517. The molecule has 4 aromatic rings. The van der Waals surface area contributed by atoms with Crippen molar-refractivity contribution in [1.29, 1.82) is 0 Å². The monoisotopic (exact) mass is 477 g/mol. The molecule has 34 heavy (non-hydrogen) atoms. The lowest BCUT2D eigenvalue weighted by atomic mass is 10.0. The predicted octanol–water partition coefficient (Wildman–Crippen LogP) is 4.82. The van der Waals surface area contributed by atoms with E-state index in [4.69, 9.17) is 10.2 Å². The standard InChI is InChI=1S/C26H27N5O2.ClH/c1-17-13-20(4-6-24(17)31-10-8-30(2)9-11-31)29-25-21-5-3-18(19-7-12-33-16-19)14-23(21)28-15-22(25)26(27)32;/h3-7,12-16H,8-11H2,1-2H3,(H2,27,32)(H,28,29);1H. The number of pyridine rings is 1. The van der Waals surface area contributed by atoms with Gasteiger partial charge in [-0.3, -0.25) is 9.78 Å². The van der Waals surface area contributed by atoms with Crippen molar-refractivity contribution in [2.24, 2.45) is 5.73 Å². The Labute approximate surface area is 205 Å². The summed E-state index contributed by atoms with van der Waals surface area (Å²) in [7, 11) is 2.16. The number of fused-ring (bicyclic) bond motifs is 1. The van der Waals surface area contributed by atoms with Crippen LogP contribution in [-0.4, -0.2) is 49.0 Å². The van der Waals surface area contributed by atoms with E-state index in [2.05, 4.69) is 52.3 Å². The van der Waals surface area contributed by atoms with Crippen molar-refractivity contribution in [2.75, 3.05) is 43.4 Å². The maximum absolute atomic E-state index is 12.2. The number of nitrogens with one attached hydrogen (secondary N) is 1. The molecule has 0 saturated carbocycles. The van der Waals surface area contributed by atoms with Crippen LogP contribution in [0.2, 0.25) is 0 Å². The third-order valence-corrected chi connectivity index (χ3v) is 6.30. The van der Waals surface area contributed by atoms with E-state index in [9.17, 15) is 4.79 Å². The van der Waals surface area contributed by atoms with Crippen molar-refractivity contribution < 1.29 is 9.21 Å². The van der Waals surface area contributed by atoms with Crippen molar-refractivity contribution in [3.8, 4) is 11.1 Å². The van der Waals surface area contributed by atoms with E-state index in [0.29, 0.717) is 11.3 Å². The van der Waals surface area contributed by atoms with Gasteiger partial charge in [0.15, 0.2) is 0 Å². The number of nitrogens with zero attached hydrogens (tertiary/aromatic N) is 3. The predicted molar refractivity (Wildman–Crippen MR) is 139 cm³/mol. The first-order valence-electron chi connectivity index (χ1n) is 11.1. The molecule has 0 atom stereocenters. The number of halogens is 1. The maximum Gasteiger partial charge on any atom is 0.252 e. The van der Waals surface area contributed by atoms with Crippen LogP contribution in [-0.2, 0) is 0 Å². The Balaban J connectivity index is 0.00000274. The molecule has 8 heteroatoms. The zero-order valence-corrected chi connectivity index (χ0v) is 20.1. The molecule has 5 rings (SSSR count). The molecule has 0 aliphatic carbocycles. The van der Waals surface area contributed by atoms with Gasteiger partial charge < -0.3 is 25.3 Å². The zero-order chi connectivity index (χ0) is 22.9. The van der Waals surface area contributed by atoms with Crippen molar-refractivity contribution in [3.05, 3.63) is 72.3 Å². The van der Waals surface area contributed by atoms with Gasteiger partial charge in [-0.05, 0) is 55.4 Å². The van der Waals surface area contributed by atoms with E-state index in [1.54, 1.807) is 12.5 Å². The third kappa shape index (κ3) is 4.58. The van der Waals surface area contributed by atoms with Crippen LogP contribution in [0.5, 0.6) is 0 Å². The normalized spacial score (nSPS) is 14.1. The van der Waals surface area contributed by atoms with E-state index < -0.39 is 5.91 Å². The number of amides is 1. The fraction of sp³-hybridized carbons (Fsp3) is 0.231. The number of carbonyl (C=O) groups is 1. The third-order valence-electron chi connectivity index (χ3n) is 6.30. The molecule has 2 aromatic carbocycles. The Hall–Kier alpha value is -3.55. The maximum atomic E-state index is 12.2. The largest absolute Gasteiger partial charge is 0.472 e. The first-order chi connectivity index (χ1) is 16.0. The van der Waals surface area contributed by atoms with Crippen LogP contribution in [0.3, 0.4) is 0 Å². The van der Waals surface area contributed by atoms with Gasteiger partial charge in [0.25, 0.3) is 5.91 Å². The minimum atomic E-state index is -0.517. The molecule has 1 aliphatic heterocycles. The fourth-order valence-electron chi connectivity index (χ4n) is 4.40. The second-order valence-corrected chi connectivity index (χ2v) is 8.57. The molecule has 0 unspecified atom stereocenters. The van der Waals surface area contributed by atoms with Crippen LogP contribution in [0.15, 0.2) is 65.6 Å². The van der Waals surface area contributed by atoms with E-state index in [1.165, 1.54) is 17.4 Å². The smallest absolute Gasteiger partial charge is 0.252 e. The SMILES string of the molecule is Cc1cc(Nc2c(C(N)=O)cnc3cc(-c4ccoc4)ccc23)ccc1N1CCN(C)CC1.Cl. The van der Waals surface area contributed by atoms with Crippen LogP contribution in [0, 0.1) is 6.92 Å². The highest BCUT2D eigenvalue weighted by Gasteiger charge is 2.18. The van der Waals surface area contributed by atoms with E-state index >= 15 is 0 Å². The minimum Gasteiger partial charge on any atom is -0.472 e. The van der Waals surface area contributed by atoms with Crippen LogP contribution >= 0.6 is 12.4 Å². The number of aryl methyl sites for hydroxylation is 1. The summed E-state index contributed by atoms with van der Waals surface area (Å²) in [6.07, 6.45) is 4.88. The van der Waals surface area contributed by atoms with Gasteiger partial charge >= 0.3 is 0 Å². The second-order valence-electron chi connectivity index (χ2n) is 8.57. The van der Waals surface area contributed by atoms with E-state index in [1.807, 2.05) is 24.3 Å². The minimum absolute atomic E-state index is 0. The first kappa shape index (κ1) is 23.6. The van der Waals surface area contributed by atoms with Crippen LogP contribution in [0.25, 0.3) is 22.0 Å². The number of hydrogen-bond acceptors (Lipinski definition) is 6. The Morgan fingerprint density at radius 1 is 1.06 bits per heavy atom. The second kappa shape index (κ2) is 9.75. The van der Waals surface area contributed by atoms with E-state index in [-0.39, 0.29) is 12.4 Å². The summed E-state index contributed by atoms with van der Waals surface area (Å²) < 4.78 is 5.20. The average molecular weight is 478 g/mol. The number of primary amides is 1. The Bertz CT molecular complexity index is 1310. The van der Waals surface area contributed by atoms with Crippen molar-refractivity contribution in [1.82, 2.24) is 9.88 Å². The lowest BCUT2D eigenvalue weighted by Crippen LogP contribution is -2.44. The highest BCUT2D eigenvalue weighted by Crippen LogP contribution is 2.33. The van der Waals surface area contributed by atoms with Crippen LogP contribution < -0.4 is 16.0 Å². The summed E-state index contributed by atoms with van der Waals surface area (Å²) in [6.45, 7) is 6.28. The topological polar surface area (TPSA) is 87.6 Å². The molecule has 1 saturated heterocycles. The number of anilines is 3. The number of carbonyl (C=O) groups excluding carboxylic acids is 1. The molecular formula is C26H28ClN5O2. The molecule has 2 aromatic heterocycles. The summed E-state index contributed by atoms with van der Waals surface area (Å²) in [4.78, 5) is 21.4. The van der Waals surface area contributed by atoms with Crippen molar-refractivity contribution in [2.45, 2.75) is 6.92 Å². The van der Waals surface area contributed by atoms with Crippen molar-refractivity contribution in [3.63, 3.8) is 0 Å². The van der Waals surface area contributed by atoms with Crippen LogP contribution in [0.4, 0.5) is 17.1 Å². The lowest BCUT2D eigenvalue weighted by Gasteiger charge is -2.35. The lowest BCUT2D eigenvalue weighted by molar-refractivity contribution is 0.100. The number of aromatic nitrogens is 1. The highest BCUT2D eigenvalue weighted by atomic mass is 35.5. The number of benzene rings is 2. The number of hydrogen-bond donors (Lipinski definition) is 2. The van der Waals surface area contributed by atoms with Gasteiger partial charge in [0.2, 0.25) is 0 Å². The van der Waals surface area contributed by atoms with Crippen LogP contribution in [0.1, 0.15) is 15.9 Å². The number of rotatable bonds is 5. The average Bonchev–Trinajstić information content (AvgIpc) is 3.35. The van der Waals surface area contributed by atoms with Gasteiger partial charge in [0, 0.05) is 54.7 Å². The molecule has 0 spiro atoms. The van der Waals surface area contributed by atoms with Gasteiger partial charge in [-0.2, -0.15) is 0 Å². The molecule has 1 fully saturated rings. The van der Waals surface area contributed by atoms with Gasteiger partial charge in [-0.15, -0.1) is 12.4 Å². The molecule has 1 amide bonds. The molecule has 7 nitrogen and oxygen atoms in total. The zero-order valence-electron chi connectivity index (χ0n) is 19.2. The van der Waals surface area contributed by atoms with Gasteiger partial charge in [-0.25, -0.2) is 0 Å². The Morgan fingerprint density at radius 3 is 2.53 bits per heavy atom. The molecule has 176 valence electrons. The summed E-state index contributed by atoms with van der Waals surface area (Å²) in [5, 5.41) is 4.28. The van der Waals surface area contributed by atoms with Crippen molar-refractivity contribution >= 4 is 46.3 Å². The molecule has 3 N–H and O–H groups in total. The summed E-state index contributed by atoms with van der Waals surface area (Å²) >= 11 is 0. The molecule has 1 aliphatic rings. The van der Waals surface area contributed by atoms with Gasteiger partial charge in [0.05, 0.1) is 29.3 Å². The summed E-state index contributed by atoms with van der Waals surface area (Å²) in [5.41, 5.74) is 12.8. The van der Waals surface area contributed by atoms with E-state index in [0.717, 1.165) is 53.9 Å². The molecule has 0 radical (unpaired) electrons. The molecular weight excluding hydrogens is 450 g/mol. The first-order valence-corrected chi connectivity index (χ1v) is 11.1. The van der Waals surface area contributed by atoms with Gasteiger partial charge in [0.1, 0.15) is 0 Å².